The van der Waals surface area contributed by atoms with Crippen LogP contribution in [-0.4, -0.2) is 35.3 Å². The van der Waals surface area contributed by atoms with Crippen molar-refractivity contribution in [3.05, 3.63) is 66.1 Å². The Bertz CT molecular complexity index is 1160. The molecule has 1 saturated heterocycles. The Morgan fingerprint density at radius 1 is 1.11 bits per heavy atom. The van der Waals surface area contributed by atoms with E-state index in [0.29, 0.717) is 17.2 Å². The van der Waals surface area contributed by atoms with Gasteiger partial charge in [0.15, 0.2) is 0 Å². The summed E-state index contributed by atoms with van der Waals surface area (Å²) in [6.45, 7) is 6.04. The first-order chi connectivity index (χ1) is 16.8. The Morgan fingerprint density at radius 2 is 1.89 bits per heavy atom. The van der Waals surface area contributed by atoms with Crippen LogP contribution in [0.15, 0.2) is 54.9 Å². The van der Waals surface area contributed by atoms with E-state index in [-0.39, 0.29) is 5.75 Å². The second-order valence-corrected chi connectivity index (χ2v) is 8.52. The SMILES string of the molecule is CCc1ccc(-c2cc(C(=O)Nc3ccc(OC(F)(F)F)cc3)cnc2N2CC[C@H](CC)C2)cn1. The number of nitrogens with zero attached hydrogens (tertiary/aromatic N) is 3. The van der Waals surface area contributed by atoms with Gasteiger partial charge in [-0.05, 0) is 55.2 Å². The van der Waals surface area contributed by atoms with Gasteiger partial charge in [-0.15, -0.1) is 13.2 Å². The van der Waals surface area contributed by atoms with Gasteiger partial charge in [-0.3, -0.25) is 9.78 Å². The lowest BCUT2D eigenvalue weighted by Crippen LogP contribution is -2.22. The zero-order chi connectivity index (χ0) is 25.0. The first kappa shape index (κ1) is 24.5. The number of anilines is 2. The van der Waals surface area contributed by atoms with Gasteiger partial charge >= 0.3 is 6.36 Å². The van der Waals surface area contributed by atoms with Gasteiger partial charge in [0.1, 0.15) is 11.6 Å². The summed E-state index contributed by atoms with van der Waals surface area (Å²) in [6, 6.07) is 10.7. The third-order valence-corrected chi connectivity index (χ3v) is 6.14. The van der Waals surface area contributed by atoms with E-state index in [2.05, 4.69) is 31.8 Å². The molecule has 0 aliphatic carbocycles. The molecular weight excluding hydrogens is 457 g/mol. The lowest BCUT2D eigenvalue weighted by Gasteiger charge is -2.21. The molecule has 1 N–H and O–H groups in total. The summed E-state index contributed by atoms with van der Waals surface area (Å²) in [5.41, 5.74) is 3.34. The summed E-state index contributed by atoms with van der Waals surface area (Å²) in [4.78, 5) is 24.4. The molecule has 184 valence electrons. The van der Waals surface area contributed by atoms with Crippen LogP contribution in [0.25, 0.3) is 11.1 Å². The molecule has 1 aliphatic heterocycles. The number of hydrogen-bond donors (Lipinski definition) is 1. The van der Waals surface area contributed by atoms with Crippen LogP contribution in [0.4, 0.5) is 24.7 Å². The van der Waals surface area contributed by atoms with Gasteiger partial charge in [-0.25, -0.2) is 4.98 Å². The second-order valence-electron chi connectivity index (χ2n) is 8.52. The Balaban J connectivity index is 1.59. The molecule has 1 fully saturated rings. The standard InChI is InChI=1S/C26H27F3N4O2/c1-3-17-11-12-33(16-17)24-23(18-5-6-20(4-2)30-14-18)13-19(15-31-24)25(34)32-21-7-9-22(10-8-21)35-26(27,28)29/h5-10,13-15,17H,3-4,11-12,16H2,1-2H3,(H,32,34)/t17-/m0/s1. The molecule has 3 aromatic rings. The highest BCUT2D eigenvalue weighted by Crippen LogP contribution is 2.34. The van der Waals surface area contributed by atoms with Crippen LogP contribution >= 0.6 is 0 Å². The number of pyridine rings is 2. The number of carbonyl (C=O) groups is 1. The number of hydrogen-bond acceptors (Lipinski definition) is 5. The fourth-order valence-corrected chi connectivity index (χ4v) is 4.14. The number of halogens is 3. The molecule has 0 radical (unpaired) electrons. The molecule has 0 spiro atoms. The lowest BCUT2D eigenvalue weighted by atomic mass is 10.0. The first-order valence-corrected chi connectivity index (χ1v) is 11.6. The fourth-order valence-electron chi connectivity index (χ4n) is 4.14. The number of rotatable bonds is 7. The van der Waals surface area contributed by atoms with Crippen LogP contribution < -0.4 is 15.0 Å². The van der Waals surface area contributed by atoms with Crippen molar-refractivity contribution in [2.45, 2.75) is 39.5 Å². The number of carbonyl (C=O) groups excluding carboxylic acids is 1. The summed E-state index contributed by atoms with van der Waals surface area (Å²) < 4.78 is 41.0. The predicted octanol–water partition coefficient (Wildman–Crippen LogP) is 6.09. The molecule has 1 aromatic carbocycles. The minimum atomic E-state index is -4.77. The van der Waals surface area contributed by atoms with Crippen LogP contribution in [0.3, 0.4) is 0 Å². The topological polar surface area (TPSA) is 67.3 Å². The fraction of sp³-hybridized carbons (Fsp3) is 0.346. The molecule has 6 nitrogen and oxygen atoms in total. The highest BCUT2D eigenvalue weighted by Gasteiger charge is 2.31. The van der Waals surface area contributed by atoms with Crippen LogP contribution in [0.1, 0.15) is 42.7 Å². The molecule has 0 saturated carbocycles. The normalized spacial score (nSPS) is 15.8. The molecule has 0 bridgehead atoms. The van der Waals surface area contributed by atoms with E-state index in [4.69, 9.17) is 0 Å². The maximum absolute atomic E-state index is 13.0. The minimum Gasteiger partial charge on any atom is -0.406 e. The summed E-state index contributed by atoms with van der Waals surface area (Å²) >= 11 is 0. The predicted molar refractivity (Wildman–Crippen MR) is 129 cm³/mol. The third-order valence-electron chi connectivity index (χ3n) is 6.14. The van der Waals surface area contributed by atoms with Gasteiger partial charge in [0.25, 0.3) is 5.91 Å². The molecule has 0 unspecified atom stereocenters. The smallest absolute Gasteiger partial charge is 0.406 e. The summed E-state index contributed by atoms with van der Waals surface area (Å²) in [5.74, 6) is 0.651. The number of benzene rings is 1. The van der Waals surface area contributed by atoms with E-state index in [1.165, 1.54) is 18.3 Å². The Hall–Kier alpha value is -3.62. The van der Waals surface area contributed by atoms with Crippen LogP contribution in [0.5, 0.6) is 5.75 Å². The quantitative estimate of drug-likeness (QED) is 0.439. The zero-order valence-electron chi connectivity index (χ0n) is 19.6. The highest BCUT2D eigenvalue weighted by molar-refractivity contribution is 6.05. The van der Waals surface area contributed by atoms with Crippen molar-refractivity contribution in [2.24, 2.45) is 5.92 Å². The number of nitrogens with one attached hydrogen (secondary N) is 1. The van der Waals surface area contributed by atoms with Gasteiger partial charge in [0.2, 0.25) is 0 Å². The molecule has 35 heavy (non-hydrogen) atoms. The Kier molecular flexibility index (Phi) is 7.23. The molecule has 2 aromatic heterocycles. The molecule has 1 atom stereocenters. The summed E-state index contributed by atoms with van der Waals surface area (Å²) in [7, 11) is 0. The largest absolute Gasteiger partial charge is 0.573 e. The van der Waals surface area contributed by atoms with Gasteiger partial charge in [0, 0.05) is 48.0 Å². The summed E-state index contributed by atoms with van der Waals surface area (Å²) in [6.07, 6.45) is 1.58. The number of alkyl halides is 3. The van der Waals surface area contributed by atoms with Crippen molar-refractivity contribution in [3.63, 3.8) is 0 Å². The highest BCUT2D eigenvalue weighted by atomic mass is 19.4. The van der Waals surface area contributed by atoms with Crippen molar-refractivity contribution in [1.29, 1.82) is 0 Å². The van der Waals surface area contributed by atoms with E-state index in [0.717, 1.165) is 67.1 Å². The average molecular weight is 485 g/mol. The van der Waals surface area contributed by atoms with E-state index < -0.39 is 12.3 Å². The number of ether oxygens (including phenoxy) is 1. The van der Waals surface area contributed by atoms with Gasteiger partial charge in [0.05, 0.1) is 5.56 Å². The van der Waals surface area contributed by atoms with Gasteiger partial charge in [-0.2, -0.15) is 0 Å². The molecule has 1 aliphatic rings. The second kappa shape index (κ2) is 10.3. The van der Waals surface area contributed by atoms with Crippen LogP contribution in [0, 0.1) is 5.92 Å². The van der Waals surface area contributed by atoms with Gasteiger partial charge in [-0.1, -0.05) is 26.3 Å². The zero-order valence-corrected chi connectivity index (χ0v) is 19.6. The number of aromatic nitrogens is 2. The van der Waals surface area contributed by atoms with E-state index >= 15 is 0 Å². The van der Waals surface area contributed by atoms with E-state index in [9.17, 15) is 18.0 Å². The molecule has 1 amide bonds. The van der Waals surface area contributed by atoms with Crippen molar-refractivity contribution < 1.29 is 22.7 Å². The molecule has 4 rings (SSSR count). The number of aryl methyl sites for hydroxylation is 1. The Labute approximate surface area is 202 Å². The molecule has 3 heterocycles. The lowest BCUT2D eigenvalue weighted by molar-refractivity contribution is -0.274. The average Bonchev–Trinajstić information content (AvgIpc) is 3.33. The molecule has 9 heteroatoms. The van der Waals surface area contributed by atoms with Crippen LogP contribution in [0.2, 0.25) is 0 Å². The Morgan fingerprint density at radius 3 is 2.49 bits per heavy atom. The summed E-state index contributed by atoms with van der Waals surface area (Å²) in [5, 5.41) is 2.71. The van der Waals surface area contributed by atoms with Gasteiger partial charge < -0.3 is 15.0 Å². The van der Waals surface area contributed by atoms with Crippen molar-refractivity contribution >= 4 is 17.4 Å². The maximum atomic E-state index is 13.0. The van der Waals surface area contributed by atoms with Crippen molar-refractivity contribution in [2.75, 3.05) is 23.3 Å². The van der Waals surface area contributed by atoms with Crippen molar-refractivity contribution in [3.8, 4) is 16.9 Å². The van der Waals surface area contributed by atoms with E-state index in [1.54, 1.807) is 12.3 Å². The monoisotopic (exact) mass is 484 g/mol. The minimum absolute atomic E-state index is 0.338. The first-order valence-electron chi connectivity index (χ1n) is 11.6. The van der Waals surface area contributed by atoms with Crippen LogP contribution in [-0.2, 0) is 6.42 Å². The third kappa shape index (κ3) is 6.09. The van der Waals surface area contributed by atoms with E-state index in [1.807, 2.05) is 19.1 Å². The number of amides is 1. The maximum Gasteiger partial charge on any atom is 0.573 e. The van der Waals surface area contributed by atoms with Crippen molar-refractivity contribution in [1.82, 2.24) is 9.97 Å². The molecular formula is C26H27F3N4O2.